The molecule has 0 spiro atoms. The molecule has 26 heavy (non-hydrogen) atoms. The van der Waals surface area contributed by atoms with Gasteiger partial charge in [-0.1, -0.05) is 40.9 Å². The lowest BCUT2D eigenvalue weighted by Gasteiger charge is -2.36. The summed E-state index contributed by atoms with van der Waals surface area (Å²) in [4.78, 5) is 2.37. The van der Waals surface area contributed by atoms with Gasteiger partial charge in [0, 0.05) is 36.9 Å². The van der Waals surface area contributed by atoms with Gasteiger partial charge >= 0.3 is 0 Å². The molecule has 0 N–H and O–H groups in total. The number of hydrogen-bond acceptors (Lipinski definition) is 3. The Bertz CT molecular complexity index is 940. The van der Waals surface area contributed by atoms with Crippen LogP contribution in [0, 0.1) is 13.8 Å². The van der Waals surface area contributed by atoms with Gasteiger partial charge in [0.2, 0.25) is 10.0 Å². The second-order valence-corrected chi connectivity index (χ2v) is 9.43. The summed E-state index contributed by atoms with van der Waals surface area (Å²) in [5, 5.41) is 1.30. The Kier molecular flexibility index (Phi) is 5.75. The van der Waals surface area contributed by atoms with E-state index in [0.29, 0.717) is 41.8 Å². The van der Waals surface area contributed by atoms with Crippen LogP contribution in [0.1, 0.15) is 11.1 Å². The number of piperazine rings is 1. The maximum absolute atomic E-state index is 13.0. The lowest BCUT2D eigenvalue weighted by molar-refractivity contribution is 0.384. The fourth-order valence-electron chi connectivity index (χ4n) is 3.15. The van der Waals surface area contributed by atoms with Crippen LogP contribution >= 0.6 is 34.8 Å². The molecule has 0 radical (unpaired) electrons. The molecule has 0 aromatic heterocycles. The van der Waals surface area contributed by atoms with E-state index < -0.39 is 10.0 Å². The average Bonchev–Trinajstić information content (AvgIpc) is 2.60. The van der Waals surface area contributed by atoms with Crippen molar-refractivity contribution in [2.45, 2.75) is 18.7 Å². The second-order valence-electron chi connectivity index (χ2n) is 6.31. The minimum atomic E-state index is -3.62. The van der Waals surface area contributed by atoms with E-state index in [4.69, 9.17) is 34.8 Å². The van der Waals surface area contributed by atoms with Crippen LogP contribution in [0.4, 0.5) is 5.69 Å². The van der Waals surface area contributed by atoms with Crippen LogP contribution in [0.25, 0.3) is 0 Å². The van der Waals surface area contributed by atoms with Crippen LogP contribution in [-0.4, -0.2) is 38.9 Å². The highest BCUT2D eigenvalue weighted by atomic mass is 35.5. The zero-order valence-corrected chi connectivity index (χ0v) is 17.6. The Morgan fingerprint density at radius 3 is 2.15 bits per heavy atom. The van der Waals surface area contributed by atoms with Crippen molar-refractivity contribution < 1.29 is 8.42 Å². The Hall–Kier alpha value is -0.980. The summed E-state index contributed by atoms with van der Waals surface area (Å²) in [6, 6.07) is 8.79. The second kappa shape index (κ2) is 7.56. The first kappa shape index (κ1) is 19.8. The van der Waals surface area contributed by atoms with Crippen molar-refractivity contribution in [1.29, 1.82) is 0 Å². The number of halogens is 3. The quantitative estimate of drug-likeness (QED) is 0.700. The number of anilines is 1. The molecule has 4 nitrogen and oxygen atoms in total. The molecule has 2 aromatic carbocycles. The minimum absolute atomic E-state index is 0.208. The van der Waals surface area contributed by atoms with Crippen LogP contribution in [0.3, 0.4) is 0 Å². The van der Waals surface area contributed by atoms with E-state index in [1.54, 1.807) is 13.0 Å². The molecule has 0 saturated carbocycles. The summed E-state index contributed by atoms with van der Waals surface area (Å²) >= 11 is 18.2. The predicted molar refractivity (Wildman–Crippen MR) is 108 cm³/mol. The standard InChI is InChI=1S/C18H19Cl3N2O2S/c1-12-10-15(20)16(21)11-18(12)26(24,25)23-8-6-22(7-9-23)17-5-3-4-14(19)13(17)2/h3-5,10-11H,6-9H2,1-2H3. The number of rotatable bonds is 3. The van der Waals surface area contributed by atoms with Crippen molar-refractivity contribution in [3.63, 3.8) is 0 Å². The molecule has 2 aromatic rings. The fraction of sp³-hybridized carbons (Fsp3) is 0.333. The van der Waals surface area contributed by atoms with Gasteiger partial charge in [-0.2, -0.15) is 4.31 Å². The molecule has 0 amide bonds. The van der Waals surface area contributed by atoms with Crippen LogP contribution in [0.5, 0.6) is 0 Å². The van der Waals surface area contributed by atoms with Gasteiger partial charge < -0.3 is 4.90 Å². The molecule has 1 aliphatic rings. The molecule has 140 valence electrons. The lowest BCUT2D eigenvalue weighted by atomic mass is 10.1. The molecule has 0 unspecified atom stereocenters. The van der Waals surface area contributed by atoms with E-state index >= 15 is 0 Å². The minimum Gasteiger partial charge on any atom is -0.369 e. The Balaban J connectivity index is 1.81. The first-order valence-corrected chi connectivity index (χ1v) is 10.7. The monoisotopic (exact) mass is 432 g/mol. The summed E-state index contributed by atoms with van der Waals surface area (Å²) < 4.78 is 27.5. The number of hydrogen-bond donors (Lipinski definition) is 0. The fourth-order valence-corrected chi connectivity index (χ4v) is 5.42. The maximum atomic E-state index is 13.0. The van der Waals surface area contributed by atoms with Gasteiger partial charge in [-0.05, 0) is 49.2 Å². The highest BCUT2D eigenvalue weighted by Crippen LogP contribution is 2.31. The molecule has 1 heterocycles. The Labute approximate surface area is 169 Å². The first-order chi connectivity index (χ1) is 12.2. The highest BCUT2D eigenvalue weighted by molar-refractivity contribution is 7.89. The number of sulfonamides is 1. The molecule has 1 saturated heterocycles. The van der Waals surface area contributed by atoms with Crippen LogP contribution in [-0.2, 0) is 10.0 Å². The summed E-state index contributed by atoms with van der Waals surface area (Å²) in [5.41, 5.74) is 2.64. The summed E-state index contributed by atoms with van der Waals surface area (Å²) in [6.07, 6.45) is 0. The first-order valence-electron chi connectivity index (χ1n) is 8.17. The van der Waals surface area contributed by atoms with Gasteiger partial charge in [-0.3, -0.25) is 0 Å². The number of nitrogens with zero attached hydrogens (tertiary/aromatic N) is 2. The predicted octanol–water partition coefficient (Wildman–Crippen LogP) is 4.77. The number of aryl methyl sites for hydroxylation is 1. The van der Waals surface area contributed by atoms with E-state index in [-0.39, 0.29) is 9.92 Å². The smallest absolute Gasteiger partial charge is 0.243 e. The van der Waals surface area contributed by atoms with Gasteiger partial charge in [-0.25, -0.2) is 8.42 Å². The van der Waals surface area contributed by atoms with Crippen molar-refractivity contribution in [2.75, 3.05) is 31.1 Å². The third-order valence-electron chi connectivity index (χ3n) is 4.65. The van der Waals surface area contributed by atoms with E-state index in [1.165, 1.54) is 10.4 Å². The normalized spacial score (nSPS) is 16.1. The lowest BCUT2D eigenvalue weighted by Crippen LogP contribution is -2.49. The van der Waals surface area contributed by atoms with Crippen molar-refractivity contribution >= 4 is 50.5 Å². The molecular weight excluding hydrogens is 415 g/mol. The Morgan fingerprint density at radius 1 is 0.885 bits per heavy atom. The SMILES string of the molecule is Cc1cc(Cl)c(Cl)cc1S(=O)(=O)N1CCN(c2cccc(Cl)c2C)CC1. The zero-order valence-electron chi connectivity index (χ0n) is 14.5. The molecule has 1 fully saturated rings. The molecule has 8 heteroatoms. The van der Waals surface area contributed by atoms with Crippen molar-refractivity contribution in [2.24, 2.45) is 0 Å². The third-order valence-corrected chi connectivity index (χ3v) is 7.83. The van der Waals surface area contributed by atoms with Gasteiger partial charge in [0.25, 0.3) is 0 Å². The van der Waals surface area contributed by atoms with Crippen molar-refractivity contribution in [3.05, 3.63) is 56.5 Å². The van der Waals surface area contributed by atoms with Crippen molar-refractivity contribution in [1.82, 2.24) is 4.31 Å². The van der Waals surface area contributed by atoms with Crippen molar-refractivity contribution in [3.8, 4) is 0 Å². The van der Waals surface area contributed by atoms with Crippen LogP contribution in [0.2, 0.25) is 15.1 Å². The topological polar surface area (TPSA) is 40.6 Å². The highest BCUT2D eigenvalue weighted by Gasteiger charge is 2.30. The molecule has 0 atom stereocenters. The molecule has 1 aliphatic heterocycles. The van der Waals surface area contributed by atoms with E-state index in [0.717, 1.165) is 11.3 Å². The van der Waals surface area contributed by atoms with E-state index in [2.05, 4.69) is 4.90 Å². The van der Waals surface area contributed by atoms with Gasteiger partial charge in [0.15, 0.2) is 0 Å². The average molecular weight is 434 g/mol. The van der Waals surface area contributed by atoms with Gasteiger partial charge in [0.1, 0.15) is 0 Å². The summed E-state index contributed by atoms with van der Waals surface area (Å²) in [6.45, 7) is 5.68. The molecule has 0 bridgehead atoms. The van der Waals surface area contributed by atoms with Gasteiger partial charge in [0.05, 0.1) is 14.9 Å². The third kappa shape index (κ3) is 3.69. The Morgan fingerprint density at radius 2 is 1.50 bits per heavy atom. The largest absolute Gasteiger partial charge is 0.369 e. The number of benzene rings is 2. The molecule has 0 aliphatic carbocycles. The molecular formula is C18H19Cl3N2O2S. The maximum Gasteiger partial charge on any atom is 0.243 e. The summed E-state index contributed by atoms with van der Waals surface area (Å²) in [5.74, 6) is 0. The van der Waals surface area contributed by atoms with Crippen LogP contribution in [0.15, 0.2) is 35.2 Å². The van der Waals surface area contributed by atoms with E-state index in [1.807, 2.05) is 25.1 Å². The van der Waals surface area contributed by atoms with E-state index in [9.17, 15) is 8.42 Å². The molecule has 3 rings (SSSR count). The summed E-state index contributed by atoms with van der Waals surface area (Å²) in [7, 11) is -3.62. The zero-order chi connectivity index (χ0) is 19.1. The van der Waals surface area contributed by atoms with Crippen LogP contribution < -0.4 is 4.90 Å². The van der Waals surface area contributed by atoms with Gasteiger partial charge in [-0.15, -0.1) is 0 Å².